The van der Waals surface area contributed by atoms with Crippen LogP contribution in [0.15, 0.2) is 60.8 Å². The Morgan fingerprint density at radius 3 is 2.46 bits per heavy atom. The van der Waals surface area contributed by atoms with Crippen molar-refractivity contribution in [3.8, 4) is 11.5 Å². The van der Waals surface area contributed by atoms with Crippen LogP contribution < -0.4 is 14.8 Å². The van der Waals surface area contributed by atoms with Crippen LogP contribution >= 0.6 is 0 Å². The smallest absolute Gasteiger partial charge is 0.278 e. The molecule has 0 aromatic heterocycles. The number of anilines is 1. The summed E-state index contributed by atoms with van der Waals surface area (Å²) in [5.41, 5.74) is 3.00. The molecule has 2 amide bonds. The number of carbonyl (C=O) groups is 2. The first kappa shape index (κ1) is 17.9. The fraction of sp³-hybridized carbons (Fsp3) is 0.182. The number of amides is 2. The molecule has 1 N–H and O–H groups in total. The van der Waals surface area contributed by atoms with Gasteiger partial charge in [-0.15, -0.1) is 6.58 Å². The van der Waals surface area contributed by atoms with Crippen molar-refractivity contribution in [2.45, 2.75) is 6.92 Å². The first-order valence-corrected chi connectivity index (χ1v) is 9.03. The Labute approximate surface area is 163 Å². The fourth-order valence-corrected chi connectivity index (χ4v) is 3.24. The molecule has 0 atom stereocenters. The number of nitrogens with one attached hydrogen (secondary N) is 1. The molecule has 142 valence electrons. The first-order valence-electron chi connectivity index (χ1n) is 9.03. The van der Waals surface area contributed by atoms with Crippen LogP contribution in [0.25, 0.3) is 5.57 Å². The summed E-state index contributed by atoms with van der Waals surface area (Å²) in [4.78, 5) is 27.1. The van der Waals surface area contributed by atoms with Gasteiger partial charge in [0.1, 0.15) is 18.9 Å². The topological polar surface area (TPSA) is 67.9 Å². The Morgan fingerprint density at radius 2 is 1.75 bits per heavy atom. The van der Waals surface area contributed by atoms with E-state index in [1.54, 1.807) is 18.2 Å². The van der Waals surface area contributed by atoms with Crippen LogP contribution in [-0.4, -0.2) is 36.5 Å². The van der Waals surface area contributed by atoms with Crippen molar-refractivity contribution in [2.75, 3.05) is 25.1 Å². The van der Waals surface area contributed by atoms with Gasteiger partial charge in [-0.1, -0.05) is 35.9 Å². The Balaban J connectivity index is 1.75. The molecule has 0 aliphatic carbocycles. The van der Waals surface area contributed by atoms with Crippen LogP contribution in [0.1, 0.15) is 11.1 Å². The molecule has 6 heteroatoms. The number of rotatable bonds is 5. The molecule has 0 radical (unpaired) electrons. The van der Waals surface area contributed by atoms with E-state index in [2.05, 4.69) is 11.9 Å². The van der Waals surface area contributed by atoms with Crippen LogP contribution in [0.3, 0.4) is 0 Å². The van der Waals surface area contributed by atoms with E-state index in [1.807, 2.05) is 31.2 Å². The maximum atomic E-state index is 12.9. The number of aryl methyl sites for hydroxylation is 1. The summed E-state index contributed by atoms with van der Waals surface area (Å²) in [6.45, 7) is 6.74. The maximum Gasteiger partial charge on any atom is 0.278 e. The maximum absolute atomic E-state index is 12.9. The number of hydrogen-bond acceptors (Lipinski definition) is 5. The first-order chi connectivity index (χ1) is 13.6. The molecule has 2 aliphatic heterocycles. The average Bonchev–Trinajstić information content (AvgIpc) is 2.93. The van der Waals surface area contributed by atoms with E-state index in [4.69, 9.17) is 9.47 Å². The standard InChI is InChI=1S/C22H20N2O4/c1-3-10-24-21(25)19(15-6-4-14(2)5-7-15)20(22(24)26)23-16-8-9-17-18(13-16)28-12-11-27-17/h3-9,13,23H,1,10-12H2,2H3. The predicted octanol–water partition coefficient (Wildman–Crippen LogP) is 3.14. The Bertz CT molecular complexity index is 992. The van der Waals surface area contributed by atoms with Crippen molar-refractivity contribution in [2.24, 2.45) is 0 Å². The number of fused-ring (bicyclic) bond motifs is 1. The number of benzene rings is 2. The number of ether oxygens (including phenoxy) is 2. The highest BCUT2D eigenvalue weighted by molar-refractivity contribution is 6.36. The van der Waals surface area contributed by atoms with Gasteiger partial charge in [-0.25, -0.2) is 0 Å². The molecule has 0 spiro atoms. The highest BCUT2D eigenvalue weighted by Crippen LogP contribution is 2.35. The minimum absolute atomic E-state index is 0.152. The van der Waals surface area contributed by atoms with E-state index in [-0.39, 0.29) is 24.1 Å². The lowest BCUT2D eigenvalue weighted by atomic mass is 10.0. The molecule has 0 unspecified atom stereocenters. The summed E-state index contributed by atoms with van der Waals surface area (Å²) in [5.74, 6) is 0.546. The second-order valence-electron chi connectivity index (χ2n) is 6.61. The molecule has 0 saturated heterocycles. The Hall–Kier alpha value is -3.54. The minimum Gasteiger partial charge on any atom is -0.486 e. The van der Waals surface area contributed by atoms with E-state index in [9.17, 15) is 9.59 Å². The fourth-order valence-electron chi connectivity index (χ4n) is 3.24. The van der Waals surface area contributed by atoms with Crippen LogP contribution in [0, 0.1) is 6.92 Å². The van der Waals surface area contributed by atoms with Gasteiger partial charge in [-0.2, -0.15) is 0 Å². The van der Waals surface area contributed by atoms with E-state index in [0.29, 0.717) is 41.5 Å². The normalized spacial score (nSPS) is 15.8. The van der Waals surface area contributed by atoms with Crippen molar-refractivity contribution in [1.82, 2.24) is 4.90 Å². The van der Waals surface area contributed by atoms with E-state index in [1.165, 1.54) is 11.0 Å². The number of hydrogen-bond donors (Lipinski definition) is 1. The molecule has 28 heavy (non-hydrogen) atoms. The molecular weight excluding hydrogens is 356 g/mol. The second-order valence-corrected chi connectivity index (χ2v) is 6.61. The average molecular weight is 376 g/mol. The number of carbonyl (C=O) groups excluding carboxylic acids is 2. The number of imide groups is 1. The molecule has 6 nitrogen and oxygen atoms in total. The van der Waals surface area contributed by atoms with Crippen molar-refractivity contribution in [1.29, 1.82) is 0 Å². The molecule has 0 saturated carbocycles. The van der Waals surface area contributed by atoms with Crippen LogP contribution in [0.2, 0.25) is 0 Å². The van der Waals surface area contributed by atoms with Crippen molar-refractivity contribution < 1.29 is 19.1 Å². The summed E-state index contributed by atoms with van der Waals surface area (Å²) in [6.07, 6.45) is 1.54. The molecule has 4 rings (SSSR count). The number of nitrogens with zero attached hydrogens (tertiary/aromatic N) is 1. The summed E-state index contributed by atoms with van der Waals surface area (Å²) in [7, 11) is 0. The monoisotopic (exact) mass is 376 g/mol. The second kappa shape index (κ2) is 7.23. The van der Waals surface area contributed by atoms with E-state index >= 15 is 0 Å². The van der Waals surface area contributed by atoms with Crippen LogP contribution in [0.5, 0.6) is 11.5 Å². The third-order valence-electron chi connectivity index (χ3n) is 4.63. The van der Waals surface area contributed by atoms with Crippen LogP contribution in [-0.2, 0) is 9.59 Å². The molecular formula is C22H20N2O4. The van der Waals surface area contributed by atoms with E-state index < -0.39 is 0 Å². The summed E-state index contributed by atoms with van der Waals surface area (Å²) < 4.78 is 11.1. The van der Waals surface area contributed by atoms with Crippen molar-refractivity contribution >= 4 is 23.1 Å². The molecule has 0 fully saturated rings. The minimum atomic E-state index is -0.379. The molecule has 2 heterocycles. The molecule has 0 bridgehead atoms. The van der Waals surface area contributed by atoms with Gasteiger partial charge in [-0.3, -0.25) is 14.5 Å². The van der Waals surface area contributed by atoms with Gasteiger partial charge < -0.3 is 14.8 Å². The van der Waals surface area contributed by atoms with Gasteiger partial charge in [0.05, 0.1) is 5.57 Å². The zero-order valence-electron chi connectivity index (χ0n) is 15.5. The lowest BCUT2D eigenvalue weighted by molar-refractivity contribution is -0.136. The van der Waals surface area contributed by atoms with Gasteiger partial charge in [0.15, 0.2) is 11.5 Å². The van der Waals surface area contributed by atoms with Gasteiger partial charge in [-0.05, 0) is 24.6 Å². The molecule has 2 aromatic carbocycles. The molecule has 2 aliphatic rings. The lowest BCUT2D eigenvalue weighted by Crippen LogP contribution is -2.32. The summed E-state index contributed by atoms with van der Waals surface area (Å²) in [5, 5.41) is 3.12. The highest BCUT2D eigenvalue weighted by atomic mass is 16.6. The Kier molecular flexibility index (Phi) is 4.61. The summed E-state index contributed by atoms with van der Waals surface area (Å²) >= 11 is 0. The third kappa shape index (κ3) is 3.13. The Morgan fingerprint density at radius 1 is 1.04 bits per heavy atom. The quantitative estimate of drug-likeness (QED) is 0.641. The van der Waals surface area contributed by atoms with Crippen molar-refractivity contribution in [3.63, 3.8) is 0 Å². The largest absolute Gasteiger partial charge is 0.486 e. The third-order valence-corrected chi connectivity index (χ3v) is 4.63. The van der Waals surface area contributed by atoms with Gasteiger partial charge in [0, 0.05) is 18.3 Å². The highest BCUT2D eigenvalue weighted by Gasteiger charge is 2.38. The zero-order valence-corrected chi connectivity index (χ0v) is 15.5. The van der Waals surface area contributed by atoms with Crippen LogP contribution in [0.4, 0.5) is 5.69 Å². The van der Waals surface area contributed by atoms with E-state index in [0.717, 1.165) is 5.56 Å². The predicted molar refractivity (Wildman–Crippen MR) is 106 cm³/mol. The van der Waals surface area contributed by atoms with Gasteiger partial charge >= 0.3 is 0 Å². The lowest BCUT2D eigenvalue weighted by Gasteiger charge is -2.19. The molecule has 2 aromatic rings. The summed E-state index contributed by atoms with van der Waals surface area (Å²) in [6, 6.07) is 12.9. The van der Waals surface area contributed by atoms with Gasteiger partial charge in [0.2, 0.25) is 0 Å². The SMILES string of the molecule is C=CCN1C(=O)C(Nc2ccc3c(c2)OCCO3)=C(c2ccc(C)cc2)C1=O. The van der Waals surface area contributed by atoms with Gasteiger partial charge in [0.25, 0.3) is 11.8 Å². The zero-order chi connectivity index (χ0) is 19.7. The van der Waals surface area contributed by atoms with Crippen molar-refractivity contribution in [3.05, 3.63) is 71.9 Å².